The third-order valence-electron chi connectivity index (χ3n) is 3.34. The van der Waals surface area contributed by atoms with Crippen LogP contribution in [0, 0.1) is 5.92 Å². The van der Waals surface area contributed by atoms with E-state index in [1.165, 1.54) is 6.42 Å². The Morgan fingerprint density at radius 3 is 3.06 bits per heavy atom. The van der Waals surface area contributed by atoms with Crippen LogP contribution >= 0.6 is 11.6 Å². The number of likely N-dealkylation sites (tertiary alicyclic amines) is 1. The summed E-state index contributed by atoms with van der Waals surface area (Å²) in [6.07, 6.45) is 3.01. The SMILES string of the molecule is CN1CCCC(CC(=O)c2cccc(Cl)c2)C1. The van der Waals surface area contributed by atoms with Crippen LogP contribution in [-0.2, 0) is 0 Å². The van der Waals surface area contributed by atoms with E-state index in [9.17, 15) is 4.79 Å². The highest BCUT2D eigenvalue weighted by molar-refractivity contribution is 6.31. The van der Waals surface area contributed by atoms with Gasteiger partial charge in [-0.25, -0.2) is 0 Å². The molecule has 0 spiro atoms. The molecule has 1 atom stereocenters. The maximum atomic E-state index is 12.1. The molecule has 1 unspecified atom stereocenters. The molecule has 0 bridgehead atoms. The van der Waals surface area contributed by atoms with E-state index in [0.29, 0.717) is 17.4 Å². The van der Waals surface area contributed by atoms with Crippen LogP contribution < -0.4 is 0 Å². The van der Waals surface area contributed by atoms with Crippen molar-refractivity contribution in [1.29, 1.82) is 0 Å². The second kappa shape index (κ2) is 5.65. The summed E-state index contributed by atoms with van der Waals surface area (Å²) in [4.78, 5) is 14.4. The van der Waals surface area contributed by atoms with Crippen molar-refractivity contribution in [3.8, 4) is 0 Å². The monoisotopic (exact) mass is 251 g/mol. The summed E-state index contributed by atoms with van der Waals surface area (Å²) in [7, 11) is 2.12. The third-order valence-corrected chi connectivity index (χ3v) is 3.58. The van der Waals surface area contributed by atoms with Crippen molar-refractivity contribution >= 4 is 17.4 Å². The van der Waals surface area contributed by atoms with Crippen LogP contribution in [-0.4, -0.2) is 30.8 Å². The zero-order valence-electron chi connectivity index (χ0n) is 10.2. The fourth-order valence-electron chi connectivity index (χ4n) is 2.48. The predicted octanol–water partition coefficient (Wildman–Crippen LogP) is 3.25. The van der Waals surface area contributed by atoms with Gasteiger partial charge in [-0.15, -0.1) is 0 Å². The molecule has 1 aliphatic rings. The van der Waals surface area contributed by atoms with Crippen LogP contribution in [0.1, 0.15) is 29.6 Å². The molecule has 2 rings (SSSR count). The Kier molecular flexibility index (Phi) is 4.19. The van der Waals surface area contributed by atoms with Crippen LogP contribution in [0.4, 0.5) is 0 Å². The van der Waals surface area contributed by atoms with E-state index in [0.717, 1.165) is 25.1 Å². The van der Waals surface area contributed by atoms with Gasteiger partial charge in [0.05, 0.1) is 0 Å². The van der Waals surface area contributed by atoms with Crippen LogP contribution in [0.3, 0.4) is 0 Å². The first-order valence-electron chi connectivity index (χ1n) is 6.12. The van der Waals surface area contributed by atoms with Crippen LogP contribution in [0.2, 0.25) is 5.02 Å². The van der Waals surface area contributed by atoms with Gasteiger partial charge in [-0.2, -0.15) is 0 Å². The lowest BCUT2D eigenvalue weighted by atomic mass is 9.91. The average Bonchev–Trinajstić information content (AvgIpc) is 2.29. The minimum Gasteiger partial charge on any atom is -0.306 e. The molecule has 0 amide bonds. The molecular weight excluding hydrogens is 234 g/mol. The summed E-state index contributed by atoms with van der Waals surface area (Å²) in [5.74, 6) is 0.716. The number of carbonyl (C=O) groups is 1. The molecule has 0 N–H and O–H groups in total. The van der Waals surface area contributed by atoms with Gasteiger partial charge in [0.2, 0.25) is 0 Å². The zero-order valence-corrected chi connectivity index (χ0v) is 10.9. The minimum atomic E-state index is 0.216. The molecule has 0 saturated carbocycles. The summed E-state index contributed by atoms with van der Waals surface area (Å²) < 4.78 is 0. The van der Waals surface area contributed by atoms with Crippen LogP contribution in [0.25, 0.3) is 0 Å². The number of nitrogens with zero attached hydrogens (tertiary/aromatic N) is 1. The average molecular weight is 252 g/mol. The summed E-state index contributed by atoms with van der Waals surface area (Å²) >= 11 is 5.89. The Morgan fingerprint density at radius 2 is 2.35 bits per heavy atom. The van der Waals surface area contributed by atoms with Crippen LogP contribution in [0.15, 0.2) is 24.3 Å². The van der Waals surface area contributed by atoms with E-state index in [2.05, 4.69) is 11.9 Å². The Bertz CT molecular complexity index is 405. The molecule has 1 fully saturated rings. The second-order valence-corrected chi connectivity index (χ2v) is 5.34. The van der Waals surface area contributed by atoms with Gasteiger partial charge in [0, 0.05) is 23.6 Å². The van der Waals surface area contributed by atoms with E-state index in [1.54, 1.807) is 12.1 Å². The molecule has 1 aromatic carbocycles. The van der Waals surface area contributed by atoms with Crippen molar-refractivity contribution in [2.75, 3.05) is 20.1 Å². The summed E-state index contributed by atoms with van der Waals surface area (Å²) in [6.45, 7) is 2.19. The van der Waals surface area contributed by atoms with E-state index >= 15 is 0 Å². The van der Waals surface area contributed by atoms with Gasteiger partial charge in [-0.3, -0.25) is 4.79 Å². The molecule has 92 valence electrons. The first-order chi connectivity index (χ1) is 8.15. The number of rotatable bonds is 3. The molecule has 1 heterocycles. The summed E-state index contributed by atoms with van der Waals surface area (Å²) in [5.41, 5.74) is 0.741. The first kappa shape index (κ1) is 12.6. The second-order valence-electron chi connectivity index (χ2n) is 4.91. The third kappa shape index (κ3) is 3.55. The van der Waals surface area contributed by atoms with E-state index in [4.69, 9.17) is 11.6 Å². The van der Waals surface area contributed by atoms with Gasteiger partial charge < -0.3 is 4.90 Å². The van der Waals surface area contributed by atoms with Gasteiger partial charge >= 0.3 is 0 Å². The van der Waals surface area contributed by atoms with Crippen LogP contribution in [0.5, 0.6) is 0 Å². The molecule has 0 aliphatic carbocycles. The van der Waals surface area contributed by atoms with Gasteiger partial charge in [0.15, 0.2) is 5.78 Å². The molecule has 0 radical (unpaired) electrons. The Labute approximate surface area is 108 Å². The lowest BCUT2D eigenvalue weighted by molar-refractivity contribution is 0.0930. The van der Waals surface area contributed by atoms with E-state index in [-0.39, 0.29) is 5.78 Å². The Balaban J connectivity index is 1.97. The first-order valence-corrected chi connectivity index (χ1v) is 6.50. The number of ketones is 1. The van der Waals surface area contributed by atoms with Crippen molar-refractivity contribution in [3.05, 3.63) is 34.9 Å². The fourth-order valence-corrected chi connectivity index (χ4v) is 2.67. The largest absolute Gasteiger partial charge is 0.306 e. The maximum Gasteiger partial charge on any atom is 0.163 e. The van der Waals surface area contributed by atoms with E-state index < -0.39 is 0 Å². The number of hydrogen-bond donors (Lipinski definition) is 0. The number of hydrogen-bond acceptors (Lipinski definition) is 2. The lowest BCUT2D eigenvalue weighted by Crippen LogP contribution is -2.33. The van der Waals surface area contributed by atoms with Crippen molar-refractivity contribution in [2.24, 2.45) is 5.92 Å². The molecule has 0 aromatic heterocycles. The van der Waals surface area contributed by atoms with Crippen molar-refractivity contribution in [1.82, 2.24) is 4.90 Å². The normalized spacial score (nSPS) is 21.4. The van der Waals surface area contributed by atoms with Gasteiger partial charge in [-0.1, -0.05) is 23.7 Å². The summed E-state index contributed by atoms with van der Waals surface area (Å²) in [5, 5.41) is 0.636. The van der Waals surface area contributed by atoms with Crippen molar-refractivity contribution in [3.63, 3.8) is 0 Å². The van der Waals surface area contributed by atoms with Crippen molar-refractivity contribution in [2.45, 2.75) is 19.3 Å². The van der Waals surface area contributed by atoms with Crippen molar-refractivity contribution < 1.29 is 4.79 Å². The molecule has 2 nitrogen and oxygen atoms in total. The highest BCUT2D eigenvalue weighted by Gasteiger charge is 2.20. The Morgan fingerprint density at radius 1 is 1.53 bits per heavy atom. The van der Waals surface area contributed by atoms with Gasteiger partial charge in [-0.05, 0) is 44.5 Å². The molecule has 1 saturated heterocycles. The molecule has 1 aliphatic heterocycles. The minimum absolute atomic E-state index is 0.216. The predicted molar refractivity (Wildman–Crippen MR) is 70.6 cm³/mol. The summed E-state index contributed by atoms with van der Waals surface area (Å²) in [6, 6.07) is 7.24. The molecule has 17 heavy (non-hydrogen) atoms. The number of benzene rings is 1. The quantitative estimate of drug-likeness (QED) is 0.769. The topological polar surface area (TPSA) is 20.3 Å². The highest BCUT2D eigenvalue weighted by Crippen LogP contribution is 2.21. The zero-order chi connectivity index (χ0) is 12.3. The standard InChI is InChI=1S/C14H18ClNO/c1-16-7-3-4-11(10-16)8-14(17)12-5-2-6-13(15)9-12/h2,5-6,9,11H,3-4,7-8,10H2,1H3. The number of Topliss-reactive ketones (excluding diaryl/α,β-unsaturated/α-hetero) is 1. The lowest BCUT2D eigenvalue weighted by Gasteiger charge is -2.29. The van der Waals surface area contributed by atoms with Gasteiger partial charge in [0.25, 0.3) is 0 Å². The molecule has 1 aromatic rings. The molecule has 3 heteroatoms. The number of carbonyl (C=O) groups excluding carboxylic acids is 1. The van der Waals surface area contributed by atoms with E-state index in [1.807, 2.05) is 12.1 Å². The highest BCUT2D eigenvalue weighted by atomic mass is 35.5. The molecular formula is C14H18ClNO. The maximum absolute atomic E-state index is 12.1. The fraction of sp³-hybridized carbons (Fsp3) is 0.500. The Hall–Kier alpha value is -0.860. The number of piperidine rings is 1. The van der Waals surface area contributed by atoms with Gasteiger partial charge in [0.1, 0.15) is 0 Å². The smallest absolute Gasteiger partial charge is 0.163 e. The number of halogens is 1.